The van der Waals surface area contributed by atoms with Crippen LogP contribution in [0, 0.1) is 6.92 Å². The van der Waals surface area contributed by atoms with Crippen molar-refractivity contribution in [2.75, 3.05) is 29.5 Å². The first kappa shape index (κ1) is 20.4. The van der Waals surface area contributed by atoms with Gasteiger partial charge >= 0.3 is 0 Å². The maximum Gasteiger partial charge on any atom is 0.245 e. The number of hydrogen-bond acceptors (Lipinski definition) is 4. The van der Waals surface area contributed by atoms with Crippen molar-refractivity contribution in [3.05, 3.63) is 52.0 Å². The van der Waals surface area contributed by atoms with Crippen LogP contribution in [0.15, 0.2) is 36.4 Å². The minimum Gasteiger partial charge on any atom is -0.495 e. The molecule has 0 aliphatic rings. The van der Waals surface area contributed by atoms with Crippen LogP contribution in [0.1, 0.15) is 5.56 Å². The van der Waals surface area contributed by atoms with E-state index in [9.17, 15) is 13.2 Å². The first-order valence-corrected chi connectivity index (χ1v) is 10.1. The summed E-state index contributed by atoms with van der Waals surface area (Å²) in [6.45, 7) is 1.37. The van der Waals surface area contributed by atoms with E-state index in [1.807, 2.05) is 6.92 Å². The molecule has 140 valence electrons. The Balaban J connectivity index is 2.34. The molecule has 1 N–H and O–H groups in total. The molecule has 1 amide bonds. The second kappa shape index (κ2) is 8.16. The number of hydrogen-bond donors (Lipinski definition) is 1. The molecule has 2 aromatic rings. The molecule has 0 saturated heterocycles. The predicted octanol–water partition coefficient (Wildman–Crippen LogP) is 3.72. The third-order valence-electron chi connectivity index (χ3n) is 3.49. The fourth-order valence-corrected chi connectivity index (χ4v) is 3.48. The number of methoxy groups -OCH3 is 1. The van der Waals surface area contributed by atoms with E-state index in [4.69, 9.17) is 27.9 Å². The SMILES string of the molecule is COc1ccc(C)cc1N(CC(=O)Nc1cc(Cl)ccc1Cl)S(C)(=O)=O. The molecule has 2 aromatic carbocycles. The number of aryl methyl sites for hydroxylation is 1. The third-order valence-corrected chi connectivity index (χ3v) is 5.18. The Hall–Kier alpha value is -1.96. The molecule has 0 spiro atoms. The fraction of sp³-hybridized carbons (Fsp3) is 0.235. The van der Waals surface area contributed by atoms with E-state index in [0.717, 1.165) is 16.1 Å². The summed E-state index contributed by atoms with van der Waals surface area (Å²) in [4.78, 5) is 12.4. The minimum absolute atomic E-state index is 0.280. The summed E-state index contributed by atoms with van der Waals surface area (Å²) >= 11 is 11.9. The lowest BCUT2D eigenvalue weighted by Crippen LogP contribution is -2.37. The first-order chi connectivity index (χ1) is 12.1. The number of amides is 1. The van der Waals surface area contributed by atoms with Crippen molar-refractivity contribution in [3.63, 3.8) is 0 Å². The molecule has 0 radical (unpaired) electrons. The van der Waals surface area contributed by atoms with Crippen molar-refractivity contribution in [2.24, 2.45) is 0 Å². The molecular formula is C17H18Cl2N2O4S. The Bertz CT molecular complexity index is 932. The topological polar surface area (TPSA) is 75.7 Å². The first-order valence-electron chi connectivity index (χ1n) is 7.49. The van der Waals surface area contributed by atoms with Crippen LogP contribution >= 0.6 is 23.2 Å². The maximum absolute atomic E-state index is 12.4. The number of benzene rings is 2. The molecule has 26 heavy (non-hydrogen) atoms. The van der Waals surface area contributed by atoms with Crippen molar-refractivity contribution >= 4 is 50.5 Å². The minimum atomic E-state index is -3.74. The summed E-state index contributed by atoms with van der Waals surface area (Å²) in [5.74, 6) is -0.224. The standard InChI is InChI=1S/C17H18Cl2N2O4S/c1-11-4-7-16(25-2)15(8-11)21(26(3,23)24)10-17(22)20-14-9-12(18)5-6-13(14)19/h4-9H,10H2,1-3H3,(H,20,22). The maximum atomic E-state index is 12.4. The van der Waals surface area contributed by atoms with Crippen LogP contribution in [-0.2, 0) is 14.8 Å². The number of nitrogens with zero attached hydrogens (tertiary/aromatic N) is 1. The van der Waals surface area contributed by atoms with Gasteiger partial charge < -0.3 is 10.1 Å². The molecular weight excluding hydrogens is 399 g/mol. The second-order valence-electron chi connectivity index (χ2n) is 5.62. The van der Waals surface area contributed by atoms with E-state index < -0.39 is 22.5 Å². The van der Waals surface area contributed by atoms with Gasteiger partial charge in [0.05, 0.1) is 29.8 Å². The summed E-state index contributed by atoms with van der Waals surface area (Å²) in [6, 6.07) is 9.68. The highest BCUT2D eigenvalue weighted by Gasteiger charge is 2.24. The quantitative estimate of drug-likeness (QED) is 0.778. The smallest absolute Gasteiger partial charge is 0.245 e. The number of anilines is 2. The summed E-state index contributed by atoms with van der Waals surface area (Å²) in [6.07, 6.45) is 1.02. The van der Waals surface area contributed by atoms with Crippen LogP contribution in [0.4, 0.5) is 11.4 Å². The average molecular weight is 417 g/mol. The van der Waals surface area contributed by atoms with Gasteiger partial charge in [-0.25, -0.2) is 8.42 Å². The molecule has 0 bridgehead atoms. The second-order valence-corrected chi connectivity index (χ2v) is 8.37. The summed E-state index contributed by atoms with van der Waals surface area (Å²) in [5, 5.41) is 3.26. The summed E-state index contributed by atoms with van der Waals surface area (Å²) in [5.41, 5.74) is 1.41. The monoisotopic (exact) mass is 416 g/mol. The molecule has 0 aliphatic carbocycles. The van der Waals surface area contributed by atoms with Crippen molar-refractivity contribution in [1.29, 1.82) is 0 Å². The van der Waals surface area contributed by atoms with Gasteiger partial charge in [0.25, 0.3) is 0 Å². The lowest BCUT2D eigenvalue weighted by Gasteiger charge is -2.24. The largest absolute Gasteiger partial charge is 0.495 e. The van der Waals surface area contributed by atoms with Crippen LogP contribution in [0.25, 0.3) is 0 Å². The molecule has 0 aliphatic heterocycles. The van der Waals surface area contributed by atoms with Crippen LogP contribution in [-0.4, -0.2) is 34.2 Å². The Morgan fingerprint density at radius 1 is 1.19 bits per heavy atom. The molecule has 0 aromatic heterocycles. The Morgan fingerprint density at radius 3 is 2.50 bits per heavy atom. The molecule has 0 atom stereocenters. The van der Waals surface area contributed by atoms with E-state index in [1.165, 1.54) is 19.2 Å². The van der Waals surface area contributed by atoms with Crippen LogP contribution < -0.4 is 14.4 Å². The van der Waals surface area contributed by atoms with Gasteiger partial charge in [-0.2, -0.15) is 0 Å². The summed E-state index contributed by atoms with van der Waals surface area (Å²) in [7, 11) is -2.31. The Morgan fingerprint density at radius 2 is 1.88 bits per heavy atom. The zero-order chi connectivity index (χ0) is 19.5. The lowest BCUT2D eigenvalue weighted by atomic mass is 10.2. The zero-order valence-electron chi connectivity index (χ0n) is 14.4. The van der Waals surface area contributed by atoms with Crippen LogP contribution in [0.3, 0.4) is 0 Å². The van der Waals surface area contributed by atoms with Crippen LogP contribution in [0.5, 0.6) is 5.75 Å². The van der Waals surface area contributed by atoms with Gasteiger partial charge in [0.15, 0.2) is 0 Å². The molecule has 0 unspecified atom stereocenters. The van der Waals surface area contributed by atoms with Gasteiger partial charge in [0.2, 0.25) is 15.9 Å². The number of rotatable bonds is 6. The average Bonchev–Trinajstić information content (AvgIpc) is 2.55. The number of ether oxygens (including phenoxy) is 1. The highest BCUT2D eigenvalue weighted by molar-refractivity contribution is 7.92. The summed E-state index contributed by atoms with van der Waals surface area (Å²) < 4.78 is 30.7. The van der Waals surface area contributed by atoms with E-state index in [1.54, 1.807) is 24.3 Å². The van der Waals surface area contributed by atoms with Crippen molar-refractivity contribution in [2.45, 2.75) is 6.92 Å². The van der Waals surface area contributed by atoms with Gasteiger partial charge in [-0.1, -0.05) is 29.3 Å². The van der Waals surface area contributed by atoms with Crippen molar-refractivity contribution in [3.8, 4) is 5.75 Å². The lowest BCUT2D eigenvalue weighted by molar-refractivity contribution is -0.114. The third kappa shape index (κ3) is 5.03. The predicted molar refractivity (Wildman–Crippen MR) is 105 cm³/mol. The number of sulfonamides is 1. The number of carbonyl (C=O) groups excluding carboxylic acids is 1. The van der Waals surface area contributed by atoms with E-state index in [2.05, 4.69) is 5.32 Å². The van der Waals surface area contributed by atoms with Gasteiger partial charge in [0, 0.05) is 5.02 Å². The van der Waals surface area contributed by atoms with Gasteiger partial charge in [-0.3, -0.25) is 9.10 Å². The Kier molecular flexibility index (Phi) is 6.39. The van der Waals surface area contributed by atoms with E-state index in [-0.39, 0.29) is 5.69 Å². The van der Waals surface area contributed by atoms with Crippen molar-refractivity contribution < 1.29 is 17.9 Å². The van der Waals surface area contributed by atoms with E-state index in [0.29, 0.717) is 21.5 Å². The highest BCUT2D eigenvalue weighted by Crippen LogP contribution is 2.31. The molecule has 6 nitrogen and oxygen atoms in total. The van der Waals surface area contributed by atoms with E-state index >= 15 is 0 Å². The fourth-order valence-electron chi connectivity index (χ4n) is 2.29. The number of nitrogens with one attached hydrogen (secondary N) is 1. The molecule has 0 fully saturated rings. The molecule has 2 rings (SSSR count). The highest BCUT2D eigenvalue weighted by atomic mass is 35.5. The number of halogens is 2. The van der Waals surface area contributed by atoms with Gasteiger partial charge in [-0.05, 0) is 42.8 Å². The van der Waals surface area contributed by atoms with Crippen LogP contribution in [0.2, 0.25) is 10.0 Å². The van der Waals surface area contributed by atoms with Gasteiger partial charge in [-0.15, -0.1) is 0 Å². The zero-order valence-corrected chi connectivity index (χ0v) is 16.7. The molecule has 0 saturated carbocycles. The molecule has 0 heterocycles. The molecule has 9 heteroatoms. The van der Waals surface area contributed by atoms with Gasteiger partial charge in [0.1, 0.15) is 12.3 Å². The normalized spacial score (nSPS) is 11.1. The number of carbonyl (C=O) groups is 1. The van der Waals surface area contributed by atoms with Crippen molar-refractivity contribution in [1.82, 2.24) is 0 Å². The Labute approximate surface area is 162 Å².